The van der Waals surface area contributed by atoms with Crippen molar-refractivity contribution in [2.75, 3.05) is 5.73 Å². The fraction of sp³-hybridized carbons (Fsp3) is 0.278. The van der Waals surface area contributed by atoms with Crippen LogP contribution in [0, 0.1) is 0 Å². The highest BCUT2D eigenvalue weighted by Crippen LogP contribution is 2.39. The van der Waals surface area contributed by atoms with Gasteiger partial charge < -0.3 is 10.5 Å². The van der Waals surface area contributed by atoms with Gasteiger partial charge in [0.2, 0.25) is 5.95 Å². The Hall–Kier alpha value is -3.10. The summed E-state index contributed by atoms with van der Waals surface area (Å²) < 4.78 is 46.8. The van der Waals surface area contributed by atoms with Crippen molar-refractivity contribution in [2.24, 2.45) is 0 Å². The molecule has 0 amide bonds. The molecule has 0 spiro atoms. The second-order valence-corrected chi connectivity index (χ2v) is 6.90. The molecule has 0 atom stereocenters. The molecule has 27 heavy (non-hydrogen) atoms. The van der Waals surface area contributed by atoms with E-state index in [9.17, 15) is 18.0 Å². The number of ether oxygens (including phenoxy) is 1. The molecule has 0 saturated carbocycles. The third kappa shape index (κ3) is 3.71. The summed E-state index contributed by atoms with van der Waals surface area (Å²) in [6.07, 6.45) is -3.48. The van der Waals surface area contributed by atoms with Gasteiger partial charge >= 0.3 is 12.3 Å². The van der Waals surface area contributed by atoms with Crippen molar-refractivity contribution >= 4 is 22.9 Å². The van der Waals surface area contributed by atoms with Gasteiger partial charge in [0.15, 0.2) is 0 Å². The number of nitrogens with zero attached hydrogens (tertiary/aromatic N) is 3. The molecule has 0 bridgehead atoms. The number of nitrogens with two attached hydrogens (primary N) is 1. The summed E-state index contributed by atoms with van der Waals surface area (Å²) in [6.45, 7) is 5.10. The maximum atomic E-state index is 13.4. The van der Waals surface area contributed by atoms with Gasteiger partial charge in [-0.1, -0.05) is 18.2 Å². The summed E-state index contributed by atoms with van der Waals surface area (Å²) in [5, 5.41) is 0.409. The van der Waals surface area contributed by atoms with Gasteiger partial charge in [0, 0.05) is 23.3 Å². The standard InChI is InChI=1S/C18H17F3N4O2/c1-17(2,3)27-16(26)25-9-11(10-6-4-5-7-13(10)25)14-12(18(19,20)21)8-23-15(22)24-14/h4-9H,1-3H3,(H2,22,23,24). The number of rotatable bonds is 1. The number of fused-ring (bicyclic) bond motifs is 1. The van der Waals surface area contributed by atoms with Gasteiger partial charge in [-0.3, -0.25) is 4.57 Å². The molecule has 3 aromatic rings. The average Bonchev–Trinajstić information content (AvgIpc) is 2.91. The Morgan fingerprint density at radius 3 is 2.48 bits per heavy atom. The van der Waals surface area contributed by atoms with Gasteiger partial charge in [-0.05, 0) is 26.8 Å². The SMILES string of the molecule is CC(C)(C)OC(=O)n1cc(-c2nc(N)ncc2C(F)(F)F)c2ccccc21. The molecule has 2 N–H and O–H groups in total. The van der Waals surface area contributed by atoms with Gasteiger partial charge in [0.1, 0.15) is 11.2 Å². The number of alkyl halides is 3. The summed E-state index contributed by atoms with van der Waals surface area (Å²) in [5.41, 5.74) is 3.82. The fourth-order valence-electron chi connectivity index (χ4n) is 2.64. The molecule has 2 aromatic heterocycles. The van der Waals surface area contributed by atoms with Gasteiger partial charge in [-0.2, -0.15) is 13.2 Å². The second kappa shape index (κ2) is 6.26. The van der Waals surface area contributed by atoms with E-state index < -0.39 is 29.1 Å². The maximum absolute atomic E-state index is 13.4. The minimum Gasteiger partial charge on any atom is -0.443 e. The van der Waals surface area contributed by atoms with E-state index in [0.717, 1.165) is 4.57 Å². The molecule has 0 aliphatic rings. The molecule has 0 saturated heterocycles. The Morgan fingerprint density at radius 1 is 1.19 bits per heavy atom. The molecule has 142 valence electrons. The molecular formula is C18H17F3N4O2. The zero-order valence-corrected chi connectivity index (χ0v) is 14.8. The summed E-state index contributed by atoms with van der Waals surface area (Å²) >= 11 is 0. The predicted octanol–water partition coefficient (Wildman–Crippen LogP) is 4.48. The molecular weight excluding hydrogens is 361 g/mol. The number of anilines is 1. The van der Waals surface area contributed by atoms with E-state index in [1.807, 2.05) is 0 Å². The second-order valence-electron chi connectivity index (χ2n) is 6.90. The topological polar surface area (TPSA) is 83.0 Å². The number of aromatic nitrogens is 3. The molecule has 0 radical (unpaired) electrons. The van der Waals surface area contributed by atoms with E-state index >= 15 is 0 Å². The minimum absolute atomic E-state index is 0.109. The van der Waals surface area contributed by atoms with Crippen LogP contribution in [0.25, 0.3) is 22.2 Å². The molecule has 0 aliphatic carbocycles. The minimum atomic E-state index is -4.68. The molecule has 9 heteroatoms. The maximum Gasteiger partial charge on any atom is 0.419 e. The van der Waals surface area contributed by atoms with E-state index in [-0.39, 0.29) is 11.5 Å². The van der Waals surface area contributed by atoms with Gasteiger partial charge in [-0.15, -0.1) is 0 Å². The van der Waals surface area contributed by atoms with Crippen LogP contribution in [0.3, 0.4) is 0 Å². The van der Waals surface area contributed by atoms with E-state index in [0.29, 0.717) is 17.1 Å². The highest BCUT2D eigenvalue weighted by atomic mass is 19.4. The highest BCUT2D eigenvalue weighted by Gasteiger charge is 2.36. The van der Waals surface area contributed by atoms with Crippen LogP contribution in [0.2, 0.25) is 0 Å². The Morgan fingerprint density at radius 2 is 1.85 bits per heavy atom. The number of nitrogen functional groups attached to an aromatic ring is 1. The van der Waals surface area contributed by atoms with Crippen LogP contribution in [-0.4, -0.2) is 26.2 Å². The number of para-hydroxylation sites is 1. The molecule has 2 heterocycles. The first-order valence-corrected chi connectivity index (χ1v) is 8.01. The lowest BCUT2D eigenvalue weighted by Gasteiger charge is -2.19. The molecule has 3 rings (SSSR count). The van der Waals surface area contributed by atoms with Crippen LogP contribution in [0.1, 0.15) is 26.3 Å². The number of carbonyl (C=O) groups excluding carboxylic acids is 1. The Balaban J connectivity index is 2.26. The zero-order chi connectivity index (χ0) is 20.0. The molecule has 0 fully saturated rings. The lowest BCUT2D eigenvalue weighted by atomic mass is 10.1. The van der Waals surface area contributed by atoms with Crippen molar-refractivity contribution in [3.63, 3.8) is 0 Å². The van der Waals surface area contributed by atoms with Gasteiger partial charge in [0.25, 0.3) is 0 Å². The largest absolute Gasteiger partial charge is 0.443 e. The quantitative estimate of drug-likeness (QED) is 0.675. The molecule has 6 nitrogen and oxygen atoms in total. The van der Waals surface area contributed by atoms with E-state index in [1.54, 1.807) is 45.0 Å². The summed E-state index contributed by atoms with van der Waals surface area (Å²) in [6, 6.07) is 6.54. The Labute approximate surface area is 152 Å². The normalized spacial score (nSPS) is 12.4. The van der Waals surface area contributed by atoms with Crippen molar-refractivity contribution in [3.8, 4) is 11.3 Å². The van der Waals surface area contributed by atoms with Crippen molar-refractivity contribution in [3.05, 3.63) is 42.2 Å². The molecule has 1 aromatic carbocycles. The van der Waals surface area contributed by atoms with E-state index in [1.165, 1.54) is 6.20 Å². The summed E-state index contributed by atoms with van der Waals surface area (Å²) in [7, 11) is 0. The van der Waals surface area contributed by atoms with Crippen molar-refractivity contribution in [1.82, 2.24) is 14.5 Å². The highest BCUT2D eigenvalue weighted by molar-refractivity contribution is 6.00. The van der Waals surface area contributed by atoms with Crippen molar-refractivity contribution < 1.29 is 22.7 Å². The molecule has 0 unspecified atom stereocenters. The third-order valence-electron chi connectivity index (χ3n) is 3.67. The summed E-state index contributed by atoms with van der Waals surface area (Å²) in [4.78, 5) is 19.8. The average molecular weight is 378 g/mol. The number of carbonyl (C=O) groups is 1. The van der Waals surface area contributed by atoms with Gasteiger partial charge in [0.05, 0.1) is 11.2 Å². The first-order valence-electron chi connectivity index (χ1n) is 8.01. The molecule has 0 aliphatic heterocycles. The number of benzene rings is 1. The number of halogens is 3. The first-order chi connectivity index (χ1) is 12.5. The Kier molecular flexibility index (Phi) is 4.33. The van der Waals surface area contributed by atoms with Crippen LogP contribution in [-0.2, 0) is 10.9 Å². The van der Waals surface area contributed by atoms with Crippen LogP contribution < -0.4 is 5.73 Å². The van der Waals surface area contributed by atoms with Crippen LogP contribution in [0.4, 0.5) is 23.9 Å². The number of hydrogen-bond acceptors (Lipinski definition) is 5. The smallest absolute Gasteiger partial charge is 0.419 e. The predicted molar refractivity (Wildman–Crippen MR) is 94.0 cm³/mol. The van der Waals surface area contributed by atoms with Crippen LogP contribution in [0.5, 0.6) is 0 Å². The van der Waals surface area contributed by atoms with Gasteiger partial charge in [-0.25, -0.2) is 14.8 Å². The van der Waals surface area contributed by atoms with E-state index in [4.69, 9.17) is 10.5 Å². The fourth-order valence-corrected chi connectivity index (χ4v) is 2.64. The van der Waals surface area contributed by atoms with Crippen LogP contribution in [0.15, 0.2) is 36.7 Å². The lowest BCUT2D eigenvalue weighted by Crippen LogP contribution is -2.26. The third-order valence-corrected chi connectivity index (χ3v) is 3.67. The van der Waals surface area contributed by atoms with Crippen LogP contribution >= 0.6 is 0 Å². The number of hydrogen-bond donors (Lipinski definition) is 1. The first kappa shape index (κ1) is 18.7. The monoisotopic (exact) mass is 378 g/mol. The Bertz CT molecular complexity index is 1020. The van der Waals surface area contributed by atoms with E-state index in [2.05, 4.69) is 9.97 Å². The summed E-state index contributed by atoms with van der Waals surface area (Å²) in [5.74, 6) is -0.299. The zero-order valence-electron chi connectivity index (χ0n) is 14.8. The van der Waals surface area contributed by atoms with Crippen molar-refractivity contribution in [2.45, 2.75) is 32.5 Å². The van der Waals surface area contributed by atoms with Crippen molar-refractivity contribution in [1.29, 1.82) is 0 Å². The lowest BCUT2D eigenvalue weighted by molar-refractivity contribution is -0.137.